The third-order valence-corrected chi connectivity index (χ3v) is 9.11. The van der Waals surface area contributed by atoms with Crippen LogP contribution in [0.1, 0.15) is 46.2 Å². The summed E-state index contributed by atoms with van der Waals surface area (Å²) < 4.78 is 42.6. The zero-order valence-electron chi connectivity index (χ0n) is 17.1. The summed E-state index contributed by atoms with van der Waals surface area (Å²) in [6, 6.07) is 12.4. The van der Waals surface area contributed by atoms with E-state index in [-0.39, 0.29) is 10.8 Å². The molecule has 2 aromatic rings. The fourth-order valence-electron chi connectivity index (χ4n) is 3.04. The molecule has 0 radical (unpaired) electrons. The first-order valence-corrected chi connectivity index (χ1v) is 12.7. The lowest BCUT2D eigenvalue weighted by molar-refractivity contribution is 0.461. The largest absolute Gasteiger partial charge is 0.242 e. The van der Waals surface area contributed by atoms with Gasteiger partial charge in [0.25, 0.3) is 0 Å². The first-order valence-electron chi connectivity index (χ1n) is 9.27. The van der Waals surface area contributed by atoms with Crippen LogP contribution in [0.2, 0.25) is 10.0 Å². The molecule has 0 heterocycles. The van der Waals surface area contributed by atoms with Crippen molar-refractivity contribution < 1.29 is 12.6 Å². The van der Waals surface area contributed by atoms with E-state index in [0.717, 1.165) is 0 Å². The van der Waals surface area contributed by atoms with Crippen molar-refractivity contribution in [1.82, 2.24) is 4.72 Å². The minimum Gasteiger partial charge on any atom is -0.242 e. The number of hydrogen-bond donors (Lipinski definition) is 1. The average Bonchev–Trinajstić information content (AvgIpc) is 2.60. The number of sulfone groups is 1. The Kier molecular flexibility index (Phi) is 7.96. The highest BCUT2D eigenvalue weighted by Gasteiger charge is 2.40. The van der Waals surface area contributed by atoms with Gasteiger partial charge in [0.05, 0.1) is 31.9 Å². The normalized spacial score (nSPS) is 15.9. The summed E-state index contributed by atoms with van der Waals surface area (Å²) in [7, 11) is -5.27. The van der Waals surface area contributed by atoms with Crippen LogP contribution >= 0.6 is 23.2 Å². The molecule has 0 amide bonds. The van der Waals surface area contributed by atoms with Gasteiger partial charge in [-0.25, -0.2) is 17.3 Å². The molecule has 0 aliphatic carbocycles. The van der Waals surface area contributed by atoms with E-state index in [2.05, 4.69) is 4.72 Å². The van der Waals surface area contributed by atoms with E-state index >= 15 is 0 Å². The van der Waals surface area contributed by atoms with Gasteiger partial charge in [0.1, 0.15) is 0 Å². The maximum atomic E-state index is 13.6. The van der Waals surface area contributed by atoms with E-state index in [0.29, 0.717) is 15.6 Å². The first kappa shape index (κ1) is 24.4. The van der Waals surface area contributed by atoms with Crippen molar-refractivity contribution in [2.24, 2.45) is 5.92 Å². The Labute approximate surface area is 186 Å². The van der Waals surface area contributed by atoms with E-state index < -0.39 is 36.9 Å². The van der Waals surface area contributed by atoms with Gasteiger partial charge in [-0.05, 0) is 56.5 Å². The van der Waals surface area contributed by atoms with Gasteiger partial charge in [0.15, 0.2) is 9.84 Å². The van der Waals surface area contributed by atoms with Gasteiger partial charge in [-0.3, -0.25) is 0 Å². The number of rotatable bonds is 7. The van der Waals surface area contributed by atoms with Crippen LogP contribution < -0.4 is 4.72 Å². The molecule has 4 nitrogen and oxygen atoms in total. The minimum absolute atomic E-state index is 0.220. The number of hydrogen-bond acceptors (Lipinski definition) is 3. The van der Waals surface area contributed by atoms with Crippen LogP contribution in [0.3, 0.4) is 0 Å². The number of halogens is 2. The maximum Gasteiger partial charge on any atom is 0.183 e. The van der Waals surface area contributed by atoms with Crippen LogP contribution in [-0.4, -0.2) is 22.6 Å². The van der Waals surface area contributed by atoms with Crippen LogP contribution in [0.15, 0.2) is 53.4 Å². The molecule has 0 aliphatic rings. The van der Waals surface area contributed by atoms with Gasteiger partial charge in [0, 0.05) is 10.0 Å². The highest BCUT2D eigenvalue weighted by molar-refractivity contribution is 7.92. The van der Waals surface area contributed by atoms with Gasteiger partial charge in [-0.2, -0.15) is 0 Å². The zero-order chi connectivity index (χ0) is 22.0. The highest BCUT2D eigenvalue weighted by atomic mass is 35.5. The van der Waals surface area contributed by atoms with Crippen LogP contribution in [0.4, 0.5) is 0 Å². The lowest BCUT2D eigenvalue weighted by Crippen LogP contribution is -2.45. The van der Waals surface area contributed by atoms with Crippen molar-refractivity contribution in [3.8, 4) is 0 Å². The third-order valence-electron chi connectivity index (χ3n) is 4.50. The Morgan fingerprint density at radius 3 is 2.07 bits per heavy atom. The van der Waals surface area contributed by atoms with Crippen molar-refractivity contribution in [2.45, 2.75) is 55.6 Å². The molecule has 2 rings (SSSR count). The lowest BCUT2D eigenvalue weighted by Gasteiger charge is -2.33. The predicted molar refractivity (Wildman–Crippen MR) is 122 cm³/mol. The molecule has 29 heavy (non-hydrogen) atoms. The van der Waals surface area contributed by atoms with Gasteiger partial charge in [-0.1, -0.05) is 61.3 Å². The minimum atomic E-state index is -3.75. The van der Waals surface area contributed by atoms with E-state index in [1.165, 1.54) is 0 Å². The molecule has 160 valence electrons. The van der Waals surface area contributed by atoms with E-state index in [4.69, 9.17) is 23.2 Å². The molecule has 0 saturated carbocycles. The Bertz CT molecular complexity index is 971. The molecular formula is C21H27Cl2NO3S2. The van der Waals surface area contributed by atoms with Crippen molar-refractivity contribution in [3.63, 3.8) is 0 Å². The van der Waals surface area contributed by atoms with Gasteiger partial charge in [-0.15, -0.1) is 0 Å². The smallest absolute Gasteiger partial charge is 0.183 e. The summed E-state index contributed by atoms with van der Waals surface area (Å²) >= 11 is 12.5. The Morgan fingerprint density at radius 2 is 1.59 bits per heavy atom. The Balaban J connectivity index is 2.67. The standard InChI is InChI=1S/C21H27Cl2NO3S2/c1-14(2)20(29(26,27)16-9-7-6-8-10-16)19(24-28(25)21(3,4)5)17-12-11-15(22)13-18(17)23/h6-14,19-20,24H,1-5H3/t19-,20-,28+/m1/s1. The molecule has 0 fully saturated rings. The van der Waals surface area contributed by atoms with Crippen molar-refractivity contribution in [3.05, 3.63) is 64.1 Å². The summed E-state index contributed by atoms with van der Waals surface area (Å²) in [5, 5.41) is -0.119. The average molecular weight is 476 g/mol. The lowest BCUT2D eigenvalue weighted by atomic mass is 9.97. The van der Waals surface area contributed by atoms with Crippen molar-refractivity contribution >= 4 is 44.0 Å². The summed E-state index contributed by atoms with van der Waals surface area (Å²) in [6.07, 6.45) is 0. The topological polar surface area (TPSA) is 63.2 Å². The number of nitrogens with one attached hydrogen (secondary N) is 1. The van der Waals surface area contributed by atoms with Crippen molar-refractivity contribution in [1.29, 1.82) is 0 Å². The molecule has 0 bridgehead atoms. The number of benzene rings is 2. The quantitative estimate of drug-likeness (QED) is 0.567. The SMILES string of the molecule is CC(C)[C@H]([C@H](N[S@@](=O)C(C)(C)C)c1ccc(Cl)cc1Cl)S(=O)(=O)c1ccccc1. The fourth-order valence-corrected chi connectivity index (χ4v) is 6.65. The first-order chi connectivity index (χ1) is 13.4. The van der Waals surface area contributed by atoms with Gasteiger partial charge >= 0.3 is 0 Å². The van der Waals surface area contributed by atoms with Crippen molar-refractivity contribution in [2.75, 3.05) is 0 Å². The zero-order valence-corrected chi connectivity index (χ0v) is 20.3. The summed E-state index contributed by atoms with van der Waals surface area (Å²) in [5.74, 6) is -0.276. The van der Waals surface area contributed by atoms with E-state index in [1.807, 2.05) is 34.6 Å². The molecule has 1 N–H and O–H groups in total. The molecule has 0 unspecified atom stereocenters. The van der Waals surface area contributed by atoms with Gasteiger partial charge in [0.2, 0.25) is 0 Å². The molecule has 2 aromatic carbocycles. The summed E-state index contributed by atoms with van der Waals surface area (Å²) in [5.41, 5.74) is 0.548. The second-order valence-corrected chi connectivity index (χ2v) is 13.2. The molecule has 8 heteroatoms. The van der Waals surface area contributed by atoms with Crippen LogP contribution in [0.5, 0.6) is 0 Å². The fraction of sp³-hybridized carbons (Fsp3) is 0.429. The highest BCUT2D eigenvalue weighted by Crippen LogP contribution is 2.37. The second kappa shape index (κ2) is 9.48. The third kappa shape index (κ3) is 5.82. The molecule has 0 saturated heterocycles. The molecule has 0 aromatic heterocycles. The van der Waals surface area contributed by atoms with Crippen LogP contribution in [0, 0.1) is 5.92 Å². The van der Waals surface area contributed by atoms with E-state index in [1.54, 1.807) is 48.5 Å². The Morgan fingerprint density at radius 1 is 1.00 bits per heavy atom. The van der Waals surface area contributed by atoms with E-state index in [9.17, 15) is 12.6 Å². The maximum absolute atomic E-state index is 13.6. The molecule has 0 spiro atoms. The second-order valence-electron chi connectivity index (χ2n) is 8.21. The monoisotopic (exact) mass is 475 g/mol. The summed E-state index contributed by atoms with van der Waals surface area (Å²) in [4.78, 5) is 0.220. The predicted octanol–water partition coefficient (Wildman–Crippen LogP) is 5.58. The molecule has 3 atom stereocenters. The van der Waals surface area contributed by atoms with Gasteiger partial charge < -0.3 is 0 Å². The molecular weight excluding hydrogens is 449 g/mol. The van der Waals surface area contributed by atoms with Crippen LogP contribution in [-0.2, 0) is 20.8 Å². The Hall–Kier alpha value is -0.920. The molecule has 0 aliphatic heterocycles. The summed E-state index contributed by atoms with van der Waals surface area (Å²) in [6.45, 7) is 9.15. The van der Waals surface area contributed by atoms with Crippen LogP contribution in [0.25, 0.3) is 0 Å².